The summed E-state index contributed by atoms with van der Waals surface area (Å²) in [6.07, 6.45) is 1.99. The first kappa shape index (κ1) is 27.8. The maximum Gasteiger partial charge on any atom is 0.313 e. The van der Waals surface area contributed by atoms with Gasteiger partial charge in [-0.3, -0.25) is 19.2 Å². The molecule has 0 unspecified atom stereocenters. The molecule has 13 heteroatoms. The monoisotopic (exact) mass is 562 g/mol. The third kappa shape index (κ3) is 6.43. The summed E-state index contributed by atoms with van der Waals surface area (Å²) in [6.45, 7) is 1.61. The van der Waals surface area contributed by atoms with Crippen molar-refractivity contribution in [2.75, 3.05) is 33.0 Å². The first-order valence-corrected chi connectivity index (χ1v) is 13.5. The van der Waals surface area contributed by atoms with Gasteiger partial charge < -0.3 is 30.9 Å². The fourth-order valence-electron chi connectivity index (χ4n) is 4.75. The van der Waals surface area contributed by atoms with E-state index in [0.29, 0.717) is 24.3 Å². The summed E-state index contributed by atoms with van der Waals surface area (Å²) in [4.78, 5) is 60.4. The minimum absolute atomic E-state index is 0.0536. The lowest BCUT2D eigenvalue weighted by Crippen LogP contribution is -2.57. The van der Waals surface area contributed by atoms with E-state index in [0.717, 1.165) is 30.1 Å². The van der Waals surface area contributed by atoms with Gasteiger partial charge in [0.1, 0.15) is 5.75 Å². The first-order valence-electron chi connectivity index (χ1n) is 12.3. The number of hydrogen-bond donors (Lipinski definition) is 4. The summed E-state index contributed by atoms with van der Waals surface area (Å²) in [5.41, 5.74) is 1.13. The molecule has 0 saturated heterocycles. The highest BCUT2D eigenvalue weighted by atomic mass is 35.5. The number of hydrogen-bond acceptors (Lipinski definition) is 8. The molecule has 1 saturated carbocycles. The third-order valence-electron chi connectivity index (χ3n) is 6.80. The van der Waals surface area contributed by atoms with Gasteiger partial charge >= 0.3 is 11.8 Å². The van der Waals surface area contributed by atoms with E-state index in [9.17, 15) is 24.3 Å². The topological polar surface area (TPSA) is 144 Å². The van der Waals surface area contributed by atoms with Crippen LogP contribution in [0.2, 0.25) is 5.02 Å². The van der Waals surface area contributed by atoms with E-state index in [4.69, 9.17) is 11.6 Å². The smallest absolute Gasteiger partial charge is 0.313 e. The van der Waals surface area contributed by atoms with Crippen molar-refractivity contribution in [3.8, 4) is 5.75 Å². The number of nitrogens with zero attached hydrogens (tertiary/aromatic N) is 3. The standard InChI is InChI=1S/C25H31ClN6O5S/c1-31(2)25(37)13-4-7-16(28-22(35)21(34)27-14-5-6-15(26)19(33)11-14)18(10-13)29-23(36)24-30-17-8-9-32(3)12-20(17)38-24/h5-6,11,13,16,18,33H,4,7-10,12H2,1-3H3,(H,27,34)(H,28,35)(H,29,36)/t13-,16-,18+/m0/s1. The van der Waals surface area contributed by atoms with Gasteiger partial charge in [0, 0.05) is 62.2 Å². The van der Waals surface area contributed by atoms with Crippen molar-refractivity contribution >= 4 is 52.3 Å². The molecule has 1 aliphatic carbocycles. The average molecular weight is 563 g/mol. The second kappa shape index (κ2) is 11.7. The van der Waals surface area contributed by atoms with E-state index in [-0.39, 0.29) is 34.2 Å². The van der Waals surface area contributed by atoms with Crippen LogP contribution in [0, 0.1) is 5.92 Å². The fourth-order valence-corrected chi connectivity index (χ4v) is 5.96. The molecule has 2 heterocycles. The molecule has 204 valence electrons. The molecular weight excluding hydrogens is 532 g/mol. The van der Waals surface area contributed by atoms with Crippen molar-refractivity contribution in [1.82, 2.24) is 25.4 Å². The Balaban J connectivity index is 1.46. The summed E-state index contributed by atoms with van der Waals surface area (Å²) in [5.74, 6) is -2.80. The van der Waals surface area contributed by atoms with Crippen LogP contribution >= 0.6 is 22.9 Å². The highest BCUT2D eigenvalue weighted by Crippen LogP contribution is 2.29. The molecule has 2 aliphatic rings. The molecule has 4 rings (SSSR count). The lowest BCUT2D eigenvalue weighted by atomic mass is 9.81. The van der Waals surface area contributed by atoms with Crippen LogP contribution in [0.4, 0.5) is 5.69 Å². The molecule has 4 N–H and O–H groups in total. The minimum Gasteiger partial charge on any atom is -0.506 e. The van der Waals surface area contributed by atoms with E-state index >= 15 is 0 Å². The third-order valence-corrected chi connectivity index (χ3v) is 8.20. The van der Waals surface area contributed by atoms with Crippen molar-refractivity contribution in [1.29, 1.82) is 0 Å². The van der Waals surface area contributed by atoms with E-state index in [1.54, 1.807) is 14.1 Å². The highest BCUT2D eigenvalue weighted by Gasteiger charge is 2.37. The van der Waals surface area contributed by atoms with Gasteiger partial charge in [-0.25, -0.2) is 4.98 Å². The average Bonchev–Trinajstić information content (AvgIpc) is 3.30. The van der Waals surface area contributed by atoms with Crippen LogP contribution in [0.15, 0.2) is 18.2 Å². The molecule has 0 radical (unpaired) electrons. The number of halogens is 1. The Morgan fingerprint density at radius 1 is 1.13 bits per heavy atom. The number of aromatic nitrogens is 1. The van der Waals surface area contributed by atoms with Crippen LogP contribution in [0.1, 0.15) is 39.6 Å². The summed E-state index contributed by atoms with van der Waals surface area (Å²) in [6, 6.07) is 2.94. The number of carbonyl (C=O) groups excluding carboxylic acids is 4. The molecule has 1 fully saturated rings. The van der Waals surface area contributed by atoms with Crippen molar-refractivity contribution < 1.29 is 24.3 Å². The van der Waals surface area contributed by atoms with Gasteiger partial charge in [-0.1, -0.05) is 11.6 Å². The molecule has 2 aromatic rings. The Bertz CT molecular complexity index is 1250. The number of aromatic hydroxyl groups is 1. The first-order chi connectivity index (χ1) is 18.0. The van der Waals surface area contributed by atoms with Crippen LogP contribution in [0.3, 0.4) is 0 Å². The van der Waals surface area contributed by atoms with Crippen LogP contribution in [-0.2, 0) is 27.3 Å². The Hall–Kier alpha value is -3.22. The number of benzene rings is 1. The van der Waals surface area contributed by atoms with Gasteiger partial charge in [-0.15, -0.1) is 11.3 Å². The van der Waals surface area contributed by atoms with E-state index in [1.165, 1.54) is 34.4 Å². The van der Waals surface area contributed by atoms with Crippen molar-refractivity contribution in [2.45, 2.75) is 44.3 Å². The molecule has 1 aromatic carbocycles. The zero-order chi connectivity index (χ0) is 27.6. The number of fused-ring (bicyclic) bond motifs is 1. The van der Waals surface area contributed by atoms with Crippen LogP contribution < -0.4 is 16.0 Å². The van der Waals surface area contributed by atoms with Gasteiger partial charge in [0.2, 0.25) is 5.91 Å². The summed E-state index contributed by atoms with van der Waals surface area (Å²) in [5, 5.41) is 18.3. The van der Waals surface area contributed by atoms with Crippen molar-refractivity contribution in [3.63, 3.8) is 0 Å². The second-order valence-corrected chi connectivity index (χ2v) is 11.4. The molecule has 1 aliphatic heterocycles. The maximum atomic E-state index is 13.2. The molecular formula is C25H31ClN6O5S. The number of phenolic OH excluding ortho intramolecular Hbond substituents is 1. The number of amides is 4. The van der Waals surface area contributed by atoms with Gasteiger partial charge in [-0.05, 0) is 38.4 Å². The predicted octanol–water partition coefficient (Wildman–Crippen LogP) is 1.60. The normalized spacial score (nSPS) is 21.2. The van der Waals surface area contributed by atoms with Gasteiger partial charge in [0.15, 0.2) is 5.01 Å². The van der Waals surface area contributed by atoms with Gasteiger partial charge in [0.25, 0.3) is 5.91 Å². The summed E-state index contributed by atoms with van der Waals surface area (Å²) < 4.78 is 0. The Kier molecular flexibility index (Phi) is 8.54. The number of carbonyl (C=O) groups is 4. The molecule has 4 amide bonds. The lowest BCUT2D eigenvalue weighted by Gasteiger charge is -2.37. The van der Waals surface area contributed by atoms with Crippen LogP contribution in [0.5, 0.6) is 5.75 Å². The van der Waals surface area contributed by atoms with E-state index in [2.05, 4.69) is 25.8 Å². The van der Waals surface area contributed by atoms with Crippen molar-refractivity contribution in [2.24, 2.45) is 5.92 Å². The molecule has 3 atom stereocenters. The predicted molar refractivity (Wildman–Crippen MR) is 143 cm³/mol. The quantitative estimate of drug-likeness (QED) is 0.405. The Labute approximate surface area is 229 Å². The molecule has 1 aromatic heterocycles. The van der Waals surface area contributed by atoms with E-state index in [1.807, 2.05) is 7.05 Å². The van der Waals surface area contributed by atoms with E-state index < -0.39 is 23.9 Å². The Morgan fingerprint density at radius 2 is 1.89 bits per heavy atom. The molecule has 0 bridgehead atoms. The molecule has 38 heavy (non-hydrogen) atoms. The summed E-state index contributed by atoms with van der Waals surface area (Å²) in [7, 11) is 5.38. The largest absolute Gasteiger partial charge is 0.506 e. The van der Waals surface area contributed by atoms with Crippen molar-refractivity contribution in [3.05, 3.63) is 38.8 Å². The number of anilines is 1. The van der Waals surface area contributed by atoms with Gasteiger partial charge in [-0.2, -0.15) is 0 Å². The number of thiazole rings is 1. The number of rotatable bonds is 5. The zero-order valence-corrected chi connectivity index (χ0v) is 23.0. The molecule has 11 nitrogen and oxygen atoms in total. The maximum absolute atomic E-state index is 13.2. The highest BCUT2D eigenvalue weighted by molar-refractivity contribution is 7.13. The minimum atomic E-state index is -0.931. The SMILES string of the molecule is CN1CCc2nc(C(=O)N[C@@H]3C[C@@H](C(=O)N(C)C)CC[C@@H]3NC(=O)C(=O)Nc3ccc(Cl)c(O)c3)sc2C1. The van der Waals surface area contributed by atoms with Gasteiger partial charge in [0.05, 0.1) is 16.8 Å². The fraction of sp³-hybridized carbons (Fsp3) is 0.480. The van der Waals surface area contributed by atoms with Crippen LogP contribution in [0.25, 0.3) is 0 Å². The number of phenols is 1. The number of nitrogens with one attached hydrogen (secondary N) is 3. The Morgan fingerprint density at radius 3 is 2.61 bits per heavy atom. The lowest BCUT2D eigenvalue weighted by molar-refractivity contribution is -0.137. The van der Waals surface area contributed by atoms with Crippen LogP contribution in [-0.4, -0.2) is 83.3 Å². The molecule has 0 spiro atoms. The zero-order valence-electron chi connectivity index (χ0n) is 21.4. The number of likely N-dealkylation sites (N-methyl/N-ethyl adjacent to an activating group) is 1. The summed E-state index contributed by atoms with van der Waals surface area (Å²) >= 11 is 7.14. The second-order valence-electron chi connectivity index (χ2n) is 9.90.